The lowest BCUT2D eigenvalue weighted by atomic mass is 10.2. The molecule has 0 fully saturated rings. The fraction of sp³-hybridized carbons (Fsp3) is 0.214. The molecule has 0 spiro atoms. The van der Waals surface area contributed by atoms with E-state index in [0.717, 1.165) is 0 Å². The van der Waals surface area contributed by atoms with E-state index in [0.29, 0.717) is 17.2 Å². The molecule has 8 heteroatoms. The second-order valence-electron chi connectivity index (χ2n) is 4.37. The molecule has 0 atom stereocenters. The summed E-state index contributed by atoms with van der Waals surface area (Å²) in [5.74, 6) is 0.490. The Labute approximate surface area is 125 Å². The number of aromatic nitrogens is 2. The maximum absolute atomic E-state index is 11.8. The minimum atomic E-state index is -0.794. The van der Waals surface area contributed by atoms with E-state index in [2.05, 4.69) is 9.98 Å². The maximum Gasteiger partial charge on any atom is 0.328 e. The van der Waals surface area contributed by atoms with Crippen LogP contribution < -0.4 is 20.7 Å². The molecule has 0 bridgehead atoms. The van der Waals surface area contributed by atoms with Crippen LogP contribution in [0.1, 0.15) is 12.5 Å². The molecule has 0 unspecified atom stereocenters. The molecule has 0 amide bonds. The van der Waals surface area contributed by atoms with Gasteiger partial charge in [-0.2, -0.15) is 0 Å². The van der Waals surface area contributed by atoms with E-state index >= 15 is 0 Å². The van der Waals surface area contributed by atoms with Crippen LogP contribution in [0.25, 0.3) is 0 Å². The number of H-pyrrole nitrogens is 2. The smallest absolute Gasteiger partial charge is 0.328 e. The number of aromatic amines is 2. The van der Waals surface area contributed by atoms with Crippen LogP contribution in [-0.4, -0.2) is 35.0 Å². The summed E-state index contributed by atoms with van der Waals surface area (Å²) in [6, 6.07) is 5.00. The van der Waals surface area contributed by atoms with Gasteiger partial charge in [0.15, 0.2) is 0 Å². The number of hydrogen-bond acceptors (Lipinski definition) is 6. The number of benzene rings is 1. The zero-order valence-corrected chi connectivity index (χ0v) is 12.3. The Morgan fingerprint density at radius 3 is 2.50 bits per heavy atom. The highest BCUT2D eigenvalue weighted by molar-refractivity contribution is 6.01. The minimum Gasteiger partial charge on any atom is -0.497 e. The molecule has 3 N–H and O–H groups in total. The zero-order valence-electron chi connectivity index (χ0n) is 12.3. The summed E-state index contributed by atoms with van der Waals surface area (Å²) in [5, 5.41) is 9.74. The van der Waals surface area contributed by atoms with Crippen molar-refractivity contribution in [2.45, 2.75) is 6.92 Å². The van der Waals surface area contributed by atoms with Gasteiger partial charge < -0.3 is 14.6 Å². The van der Waals surface area contributed by atoms with Gasteiger partial charge in [0.2, 0.25) is 5.88 Å². The van der Waals surface area contributed by atoms with E-state index in [1.807, 2.05) is 4.98 Å². The Balaban J connectivity index is 2.59. The van der Waals surface area contributed by atoms with Gasteiger partial charge in [0.1, 0.15) is 22.7 Å². The number of aliphatic imine (C=N–C) groups is 1. The van der Waals surface area contributed by atoms with Crippen molar-refractivity contribution in [3.8, 4) is 17.4 Å². The van der Waals surface area contributed by atoms with Gasteiger partial charge in [-0.1, -0.05) is 0 Å². The van der Waals surface area contributed by atoms with E-state index < -0.39 is 17.1 Å². The first kappa shape index (κ1) is 15.4. The molecule has 2 aromatic rings. The number of aromatic hydroxyl groups is 1. The summed E-state index contributed by atoms with van der Waals surface area (Å²) in [5.41, 5.74) is -1.02. The third-order valence-electron chi connectivity index (χ3n) is 2.96. The van der Waals surface area contributed by atoms with Gasteiger partial charge in [0.05, 0.1) is 19.9 Å². The van der Waals surface area contributed by atoms with E-state index in [-0.39, 0.29) is 11.3 Å². The second kappa shape index (κ2) is 6.17. The maximum atomic E-state index is 11.8. The van der Waals surface area contributed by atoms with Crippen LogP contribution in [-0.2, 0) is 0 Å². The molecule has 22 heavy (non-hydrogen) atoms. The molecule has 0 radical (unpaired) electrons. The predicted octanol–water partition coefficient (Wildman–Crippen LogP) is 0.927. The molecule has 1 aromatic heterocycles. The van der Waals surface area contributed by atoms with E-state index in [1.54, 1.807) is 18.2 Å². The van der Waals surface area contributed by atoms with Crippen molar-refractivity contribution >= 4 is 11.4 Å². The standard InChI is InChI=1S/C14H15N3O5/c1-7(11-12(18)16-14(20)17-13(11)19)15-9-6-8(21-2)4-5-10(9)22-3/h4-6H,1-3H3,(H3,16,17,18,19,20). The number of methoxy groups -OCH3 is 2. The number of nitrogens with one attached hydrogen (secondary N) is 2. The molecule has 0 aliphatic heterocycles. The number of hydrogen-bond donors (Lipinski definition) is 3. The molecular formula is C14H15N3O5. The second-order valence-corrected chi connectivity index (χ2v) is 4.37. The number of nitrogens with zero attached hydrogens (tertiary/aromatic N) is 1. The Morgan fingerprint density at radius 2 is 1.91 bits per heavy atom. The average Bonchev–Trinajstić information content (AvgIpc) is 2.46. The highest BCUT2D eigenvalue weighted by Gasteiger charge is 2.13. The van der Waals surface area contributed by atoms with Gasteiger partial charge in [-0.15, -0.1) is 0 Å². The number of rotatable bonds is 4. The lowest BCUT2D eigenvalue weighted by molar-refractivity contribution is 0.404. The monoisotopic (exact) mass is 305 g/mol. The van der Waals surface area contributed by atoms with Crippen LogP contribution in [0.4, 0.5) is 5.69 Å². The lowest BCUT2D eigenvalue weighted by Crippen LogP contribution is -2.27. The Bertz CT molecular complexity index is 835. The average molecular weight is 305 g/mol. The third-order valence-corrected chi connectivity index (χ3v) is 2.96. The van der Waals surface area contributed by atoms with E-state index in [9.17, 15) is 14.7 Å². The van der Waals surface area contributed by atoms with Crippen molar-refractivity contribution < 1.29 is 14.6 Å². The molecule has 1 aromatic carbocycles. The molecular weight excluding hydrogens is 290 g/mol. The van der Waals surface area contributed by atoms with Crippen LogP contribution in [0.2, 0.25) is 0 Å². The molecule has 1 heterocycles. The molecule has 0 saturated heterocycles. The molecule has 0 aliphatic carbocycles. The van der Waals surface area contributed by atoms with Crippen molar-refractivity contribution in [3.05, 3.63) is 44.6 Å². The van der Waals surface area contributed by atoms with E-state index in [4.69, 9.17) is 9.47 Å². The van der Waals surface area contributed by atoms with Crippen LogP contribution >= 0.6 is 0 Å². The fourth-order valence-corrected chi connectivity index (χ4v) is 1.93. The lowest BCUT2D eigenvalue weighted by Gasteiger charge is -2.08. The summed E-state index contributed by atoms with van der Waals surface area (Å²) in [6.07, 6.45) is 0. The molecule has 116 valence electrons. The topological polar surface area (TPSA) is 117 Å². The van der Waals surface area contributed by atoms with Gasteiger partial charge in [0.25, 0.3) is 5.56 Å². The summed E-state index contributed by atoms with van der Waals surface area (Å²) >= 11 is 0. The fourth-order valence-electron chi connectivity index (χ4n) is 1.93. The normalized spacial score (nSPS) is 11.3. The van der Waals surface area contributed by atoms with Crippen molar-refractivity contribution in [2.24, 2.45) is 4.99 Å². The SMILES string of the molecule is COc1ccc(OC)c(N=C(C)c2c(O)[nH]c(=O)[nH]c2=O)c1. The van der Waals surface area contributed by atoms with Crippen LogP contribution in [0.15, 0.2) is 32.8 Å². The summed E-state index contributed by atoms with van der Waals surface area (Å²) in [7, 11) is 3.00. The Kier molecular flexibility index (Phi) is 4.31. The van der Waals surface area contributed by atoms with Crippen molar-refractivity contribution in [2.75, 3.05) is 14.2 Å². The quantitative estimate of drug-likeness (QED) is 0.726. The van der Waals surface area contributed by atoms with Crippen LogP contribution in [0.5, 0.6) is 17.4 Å². The van der Waals surface area contributed by atoms with Gasteiger partial charge >= 0.3 is 5.69 Å². The molecule has 8 nitrogen and oxygen atoms in total. The van der Waals surface area contributed by atoms with Crippen molar-refractivity contribution in [1.82, 2.24) is 9.97 Å². The first-order valence-electron chi connectivity index (χ1n) is 6.29. The minimum absolute atomic E-state index is 0.121. The summed E-state index contributed by atoms with van der Waals surface area (Å²) in [6.45, 7) is 1.53. The van der Waals surface area contributed by atoms with Gasteiger partial charge in [-0.3, -0.25) is 14.8 Å². The van der Waals surface area contributed by atoms with Crippen molar-refractivity contribution in [1.29, 1.82) is 0 Å². The van der Waals surface area contributed by atoms with Gasteiger partial charge in [-0.25, -0.2) is 9.79 Å². The Hall–Kier alpha value is -3.03. The predicted molar refractivity (Wildman–Crippen MR) is 80.8 cm³/mol. The molecule has 0 saturated carbocycles. The Morgan fingerprint density at radius 1 is 1.18 bits per heavy atom. The highest BCUT2D eigenvalue weighted by Crippen LogP contribution is 2.32. The van der Waals surface area contributed by atoms with Crippen molar-refractivity contribution in [3.63, 3.8) is 0 Å². The van der Waals surface area contributed by atoms with Gasteiger partial charge in [-0.05, 0) is 19.1 Å². The van der Waals surface area contributed by atoms with Gasteiger partial charge in [0, 0.05) is 6.07 Å². The zero-order chi connectivity index (χ0) is 16.3. The van der Waals surface area contributed by atoms with Crippen LogP contribution in [0.3, 0.4) is 0 Å². The highest BCUT2D eigenvalue weighted by atomic mass is 16.5. The summed E-state index contributed by atoms with van der Waals surface area (Å²) in [4.78, 5) is 31.3. The molecule has 0 aliphatic rings. The van der Waals surface area contributed by atoms with Crippen LogP contribution in [0, 0.1) is 0 Å². The third kappa shape index (κ3) is 3.00. The number of ether oxygens (including phenoxy) is 2. The first-order chi connectivity index (χ1) is 10.5. The van der Waals surface area contributed by atoms with E-state index in [1.165, 1.54) is 21.1 Å². The summed E-state index contributed by atoms with van der Waals surface area (Å²) < 4.78 is 10.3. The first-order valence-corrected chi connectivity index (χ1v) is 6.29. The largest absolute Gasteiger partial charge is 0.497 e. The molecule has 2 rings (SSSR count).